The van der Waals surface area contributed by atoms with E-state index in [-0.39, 0.29) is 5.75 Å². The predicted molar refractivity (Wildman–Crippen MR) is 111 cm³/mol. The van der Waals surface area contributed by atoms with Gasteiger partial charge in [0, 0.05) is 13.1 Å². The van der Waals surface area contributed by atoms with E-state index in [1.54, 1.807) is 12.1 Å². The lowest BCUT2D eigenvalue weighted by Crippen LogP contribution is -2.42. The maximum absolute atomic E-state index is 9.62. The molecule has 5 nitrogen and oxygen atoms in total. The highest BCUT2D eigenvalue weighted by molar-refractivity contribution is 5.79. The summed E-state index contributed by atoms with van der Waals surface area (Å²) >= 11 is 0. The van der Waals surface area contributed by atoms with E-state index in [0.29, 0.717) is 12.6 Å². The Kier molecular flexibility index (Phi) is 7.11. The minimum Gasteiger partial charge on any atom is -0.508 e. The average molecular weight is 367 g/mol. The molecule has 0 bridgehead atoms. The van der Waals surface area contributed by atoms with E-state index >= 15 is 0 Å². The van der Waals surface area contributed by atoms with Crippen LogP contribution in [0, 0.1) is 0 Å². The van der Waals surface area contributed by atoms with Crippen LogP contribution in [0.25, 0.3) is 0 Å². The van der Waals surface area contributed by atoms with Crippen LogP contribution in [0.5, 0.6) is 5.75 Å². The summed E-state index contributed by atoms with van der Waals surface area (Å²) in [5, 5.41) is 16.5. The smallest absolute Gasteiger partial charge is 0.191 e. The van der Waals surface area contributed by atoms with E-state index in [2.05, 4.69) is 57.8 Å². The summed E-state index contributed by atoms with van der Waals surface area (Å²) in [7, 11) is 0. The van der Waals surface area contributed by atoms with Gasteiger partial charge in [0.25, 0.3) is 0 Å². The topological polar surface area (TPSA) is 59.9 Å². The molecule has 0 amide bonds. The molecule has 0 radical (unpaired) electrons. The van der Waals surface area contributed by atoms with Gasteiger partial charge < -0.3 is 15.7 Å². The second-order valence-corrected chi connectivity index (χ2v) is 6.92. The summed E-state index contributed by atoms with van der Waals surface area (Å²) in [5.74, 6) is 1.08. The van der Waals surface area contributed by atoms with Crippen molar-refractivity contribution >= 4 is 5.96 Å². The van der Waals surface area contributed by atoms with Gasteiger partial charge in [-0.25, -0.2) is 4.99 Å². The third-order valence-corrected chi connectivity index (χ3v) is 4.90. The van der Waals surface area contributed by atoms with Crippen molar-refractivity contribution in [1.29, 1.82) is 0 Å². The number of benzene rings is 2. The molecule has 2 aromatic carbocycles. The van der Waals surface area contributed by atoms with E-state index in [1.807, 2.05) is 12.1 Å². The summed E-state index contributed by atoms with van der Waals surface area (Å²) in [4.78, 5) is 7.24. The van der Waals surface area contributed by atoms with Crippen LogP contribution in [-0.2, 0) is 6.54 Å². The van der Waals surface area contributed by atoms with Crippen molar-refractivity contribution < 1.29 is 5.11 Å². The summed E-state index contributed by atoms with van der Waals surface area (Å²) in [6.07, 6.45) is 2.55. The third kappa shape index (κ3) is 5.73. The molecule has 0 spiro atoms. The molecule has 1 atom stereocenters. The molecular formula is C22H30N4O. The van der Waals surface area contributed by atoms with Crippen molar-refractivity contribution in [1.82, 2.24) is 15.5 Å². The largest absolute Gasteiger partial charge is 0.508 e. The van der Waals surface area contributed by atoms with Crippen molar-refractivity contribution in [2.45, 2.75) is 32.4 Å². The quantitative estimate of drug-likeness (QED) is 0.520. The summed E-state index contributed by atoms with van der Waals surface area (Å²) in [5.41, 5.74) is 2.34. The molecule has 1 heterocycles. The Labute approximate surface area is 162 Å². The Balaban J connectivity index is 1.67. The fourth-order valence-corrected chi connectivity index (χ4v) is 3.55. The maximum Gasteiger partial charge on any atom is 0.191 e. The lowest BCUT2D eigenvalue weighted by Gasteiger charge is -2.29. The average Bonchev–Trinajstić information content (AvgIpc) is 3.21. The summed E-state index contributed by atoms with van der Waals surface area (Å²) in [6.45, 7) is 6.53. The number of rotatable bonds is 7. The zero-order valence-corrected chi connectivity index (χ0v) is 16.1. The molecular weight excluding hydrogens is 336 g/mol. The molecule has 1 saturated heterocycles. The first kappa shape index (κ1) is 19.2. The number of nitrogens with zero attached hydrogens (tertiary/aromatic N) is 2. The molecule has 0 saturated carbocycles. The zero-order chi connectivity index (χ0) is 18.9. The van der Waals surface area contributed by atoms with Crippen LogP contribution in [-0.4, -0.2) is 42.1 Å². The Morgan fingerprint density at radius 3 is 2.56 bits per heavy atom. The predicted octanol–water partition coefficient (Wildman–Crippen LogP) is 3.28. The Hall–Kier alpha value is -2.53. The number of phenols is 1. The molecule has 3 N–H and O–H groups in total. The number of guanidine groups is 1. The van der Waals surface area contributed by atoms with E-state index in [0.717, 1.165) is 37.7 Å². The molecule has 27 heavy (non-hydrogen) atoms. The van der Waals surface area contributed by atoms with E-state index in [4.69, 9.17) is 0 Å². The third-order valence-electron chi connectivity index (χ3n) is 4.90. The standard InChI is InChI=1S/C22H30N4O/c1-2-23-22(24-16-18-9-8-12-20(27)15-18)25-17-21(26-13-6-7-14-26)19-10-4-3-5-11-19/h3-5,8-12,15,21,27H,2,6-7,13-14,16-17H2,1H3,(H2,23,24,25). The van der Waals surface area contributed by atoms with Gasteiger partial charge in [-0.1, -0.05) is 42.5 Å². The van der Waals surface area contributed by atoms with E-state index in [1.165, 1.54) is 18.4 Å². The Morgan fingerprint density at radius 1 is 1.07 bits per heavy atom. The number of hydrogen-bond acceptors (Lipinski definition) is 3. The molecule has 1 unspecified atom stereocenters. The van der Waals surface area contributed by atoms with Crippen LogP contribution in [0.2, 0.25) is 0 Å². The maximum atomic E-state index is 9.62. The lowest BCUT2D eigenvalue weighted by atomic mass is 10.1. The molecule has 1 fully saturated rings. The zero-order valence-electron chi connectivity index (χ0n) is 16.1. The van der Waals surface area contributed by atoms with Gasteiger partial charge in [0.15, 0.2) is 5.96 Å². The Bertz CT molecular complexity index is 726. The molecule has 1 aliphatic rings. The minimum absolute atomic E-state index is 0.277. The van der Waals surface area contributed by atoms with Crippen molar-refractivity contribution in [3.63, 3.8) is 0 Å². The monoisotopic (exact) mass is 366 g/mol. The van der Waals surface area contributed by atoms with Gasteiger partial charge in [0.2, 0.25) is 0 Å². The normalized spacial score (nSPS) is 16.3. The van der Waals surface area contributed by atoms with Gasteiger partial charge in [0.05, 0.1) is 12.6 Å². The van der Waals surface area contributed by atoms with Crippen LogP contribution in [0.4, 0.5) is 0 Å². The van der Waals surface area contributed by atoms with Gasteiger partial charge in [-0.05, 0) is 56.1 Å². The molecule has 1 aliphatic heterocycles. The van der Waals surface area contributed by atoms with Gasteiger partial charge >= 0.3 is 0 Å². The summed E-state index contributed by atoms with van der Waals surface area (Å²) < 4.78 is 0. The number of aromatic hydroxyl groups is 1. The van der Waals surface area contributed by atoms with Gasteiger partial charge in [0.1, 0.15) is 5.75 Å². The van der Waals surface area contributed by atoms with E-state index in [9.17, 15) is 5.11 Å². The highest BCUT2D eigenvalue weighted by Crippen LogP contribution is 2.24. The van der Waals surface area contributed by atoms with Crippen molar-refractivity contribution in [3.05, 3.63) is 65.7 Å². The number of hydrogen-bond donors (Lipinski definition) is 3. The first-order valence-electron chi connectivity index (χ1n) is 9.85. The fraction of sp³-hybridized carbons (Fsp3) is 0.409. The van der Waals surface area contributed by atoms with Gasteiger partial charge in [-0.15, -0.1) is 0 Å². The molecule has 0 aliphatic carbocycles. The van der Waals surface area contributed by atoms with Crippen molar-refractivity contribution in [3.8, 4) is 5.75 Å². The van der Waals surface area contributed by atoms with Crippen molar-refractivity contribution in [2.75, 3.05) is 26.2 Å². The highest BCUT2D eigenvalue weighted by Gasteiger charge is 2.23. The minimum atomic E-state index is 0.277. The first-order chi connectivity index (χ1) is 13.3. The van der Waals surface area contributed by atoms with Gasteiger partial charge in [-0.2, -0.15) is 0 Å². The second-order valence-electron chi connectivity index (χ2n) is 6.92. The number of likely N-dealkylation sites (tertiary alicyclic amines) is 1. The van der Waals surface area contributed by atoms with Crippen LogP contribution >= 0.6 is 0 Å². The van der Waals surface area contributed by atoms with Crippen molar-refractivity contribution in [2.24, 2.45) is 4.99 Å². The molecule has 0 aromatic heterocycles. The first-order valence-corrected chi connectivity index (χ1v) is 9.85. The molecule has 144 valence electrons. The Morgan fingerprint density at radius 2 is 1.85 bits per heavy atom. The van der Waals surface area contributed by atoms with Crippen LogP contribution in [0.3, 0.4) is 0 Å². The fourth-order valence-electron chi connectivity index (χ4n) is 3.55. The number of phenolic OH excluding ortho intramolecular Hbond substituents is 1. The number of aliphatic imine (C=N–C) groups is 1. The van der Waals surface area contributed by atoms with Crippen LogP contribution < -0.4 is 10.6 Å². The molecule has 2 aromatic rings. The highest BCUT2D eigenvalue weighted by atomic mass is 16.3. The van der Waals surface area contributed by atoms with Crippen LogP contribution in [0.15, 0.2) is 59.6 Å². The van der Waals surface area contributed by atoms with Gasteiger partial charge in [-0.3, -0.25) is 4.90 Å². The molecule has 3 rings (SSSR count). The lowest BCUT2D eigenvalue weighted by molar-refractivity contribution is 0.245. The van der Waals surface area contributed by atoms with E-state index < -0.39 is 0 Å². The second kappa shape index (κ2) is 9.97. The number of nitrogens with one attached hydrogen (secondary N) is 2. The van der Waals surface area contributed by atoms with Crippen LogP contribution in [0.1, 0.15) is 36.9 Å². The summed E-state index contributed by atoms with van der Waals surface area (Å²) in [6, 6.07) is 18.3. The SMILES string of the molecule is CCNC(=NCc1cccc(O)c1)NCC(c1ccccc1)N1CCCC1. The molecule has 5 heteroatoms.